The standard InChI is InChI=1S/C21H16F6N6O3/c1-9-11(5-28)3-10(16(22)23)4-13(9)36-14-15(21(26,27)19(24)25)31-8-33(18(14)34)7-12-6-30-20(29)32-17(12)35-2/h3-4,6,8,16,19H,7H2,1-2H3,(H2,29,30,32). The monoisotopic (exact) mass is 514 g/mol. The van der Waals surface area contributed by atoms with E-state index in [0.717, 1.165) is 6.07 Å². The van der Waals surface area contributed by atoms with Gasteiger partial charge >= 0.3 is 12.3 Å². The Bertz CT molecular complexity index is 1390. The summed E-state index contributed by atoms with van der Waals surface area (Å²) in [6.07, 6.45) is -5.63. The number of benzene rings is 1. The van der Waals surface area contributed by atoms with E-state index in [2.05, 4.69) is 15.0 Å². The minimum atomic E-state index is -4.94. The highest BCUT2D eigenvalue weighted by molar-refractivity contribution is 5.51. The van der Waals surface area contributed by atoms with Crippen molar-refractivity contribution in [3.05, 3.63) is 63.0 Å². The van der Waals surface area contributed by atoms with Crippen LogP contribution in [0.15, 0.2) is 29.5 Å². The molecule has 0 unspecified atom stereocenters. The van der Waals surface area contributed by atoms with Crippen molar-refractivity contribution in [2.75, 3.05) is 12.8 Å². The lowest BCUT2D eigenvalue weighted by molar-refractivity contribution is -0.139. The zero-order valence-electron chi connectivity index (χ0n) is 18.5. The number of nitriles is 1. The number of rotatable bonds is 8. The number of methoxy groups -OCH3 is 1. The zero-order valence-corrected chi connectivity index (χ0v) is 18.5. The molecular weight excluding hydrogens is 498 g/mol. The molecule has 15 heteroatoms. The number of nitrogen functional groups attached to an aromatic ring is 1. The van der Waals surface area contributed by atoms with Gasteiger partial charge in [-0.15, -0.1) is 0 Å². The number of hydrogen-bond donors (Lipinski definition) is 1. The number of ether oxygens (including phenoxy) is 2. The van der Waals surface area contributed by atoms with Crippen molar-refractivity contribution in [1.82, 2.24) is 19.5 Å². The molecule has 2 N–H and O–H groups in total. The van der Waals surface area contributed by atoms with Gasteiger partial charge in [0.2, 0.25) is 17.6 Å². The first-order valence-electron chi connectivity index (χ1n) is 9.82. The summed E-state index contributed by atoms with van der Waals surface area (Å²) in [4.78, 5) is 24.0. The lowest BCUT2D eigenvalue weighted by atomic mass is 10.0. The van der Waals surface area contributed by atoms with Gasteiger partial charge in [0.05, 0.1) is 37.2 Å². The summed E-state index contributed by atoms with van der Waals surface area (Å²) in [5, 5.41) is 9.22. The van der Waals surface area contributed by atoms with Crippen LogP contribution in [0.4, 0.5) is 32.3 Å². The molecule has 0 fully saturated rings. The summed E-state index contributed by atoms with van der Waals surface area (Å²) < 4.78 is 92.5. The van der Waals surface area contributed by atoms with Crippen LogP contribution in [-0.4, -0.2) is 33.1 Å². The fourth-order valence-corrected chi connectivity index (χ4v) is 3.06. The minimum absolute atomic E-state index is 0.0713. The first kappa shape index (κ1) is 26.3. The fraction of sp³-hybridized carbons (Fsp3) is 0.286. The molecule has 36 heavy (non-hydrogen) atoms. The molecule has 190 valence electrons. The summed E-state index contributed by atoms with van der Waals surface area (Å²) in [7, 11) is 1.23. The summed E-state index contributed by atoms with van der Waals surface area (Å²) >= 11 is 0. The maximum Gasteiger partial charge on any atom is 0.352 e. The average molecular weight is 514 g/mol. The van der Waals surface area contributed by atoms with Crippen molar-refractivity contribution < 1.29 is 35.8 Å². The summed E-state index contributed by atoms with van der Waals surface area (Å²) in [6, 6.07) is 3.19. The van der Waals surface area contributed by atoms with Crippen molar-refractivity contribution in [2.45, 2.75) is 32.2 Å². The van der Waals surface area contributed by atoms with Crippen LogP contribution in [0.1, 0.15) is 34.4 Å². The van der Waals surface area contributed by atoms with Crippen LogP contribution in [-0.2, 0) is 12.5 Å². The van der Waals surface area contributed by atoms with Crippen LogP contribution < -0.4 is 20.8 Å². The second kappa shape index (κ2) is 10.1. The number of nitrogens with zero attached hydrogens (tertiary/aromatic N) is 5. The molecule has 3 rings (SSSR count). The number of hydrogen-bond acceptors (Lipinski definition) is 8. The fourth-order valence-electron chi connectivity index (χ4n) is 3.06. The van der Waals surface area contributed by atoms with E-state index in [4.69, 9.17) is 15.2 Å². The molecule has 3 aromatic rings. The first-order chi connectivity index (χ1) is 16.9. The molecule has 0 spiro atoms. The summed E-state index contributed by atoms with van der Waals surface area (Å²) in [6.45, 7) is 0.797. The van der Waals surface area contributed by atoms with Crippen molar-refractivity contribution in [1.29, 1.82) is 5.26 Å². The molecule has 0 bridgehead atoms. The van der Waals surface area contributed by atoms with Crippen LogP contribution in [0.5, 0.6) is 17.4 Å². The Morgan fingerprint density at radius 3 is 2.50 bits per heavy atom. The van der Waals surface area contributed by atoms with Crippen molar-refractivity contribution in [2.24, 2.45) is 0 Å². The van der Waals surface area contributed by atoms with Gasteiger partial charge in [-0.25, -0.2) is 27.5 Å². The van der Waals surface area contributed by atoms with Gasteiger partial charge in [-0.05, 0) is 19.1 Å². The molecule has 0 saturated carbocycles. The maximum atomic E-state index is 14.3. The van der Waals surface area contributed by atoms with Crippen LogP contribution in [0.2, 0.25) is 0 Å². The van der Waals surface area contributed by atoms with E-state index in [1.54, 1.807) is 6.07 Å². The molecule has 9 nitrogen and oxygen atoms in total. The Kier molecular flexibility index (Phi) is 7.37. The van der Waals surface area contributed by atoms with Crippen LogP contribution in [0.3, 0.4) is 0 Å². The van der Waals surface area contributed by atoms with Gasteiger partial charge < -0.3 is 15.2 Å². The van der Waals surface area contributed by atoms with Gasteiger partial charge in [0.15, 0.2) is 5.69 Å². The van der Waals surface area contributed by atoms with Gasteiger partial charge in [0, 0.05) is 17.3 Å². The molecule has 0 atom stereocenters. The van der Waals surface area contributed by atoms with Crippen LogP contribution in [0.25, 0.3) is 0 Å². The van der Waals surface area contributed by atoms with E-state index in [9.17, 15) is 36.4 Å². The Morgan fingerprint density at radius 2 is 1.92 bits per heavy atom. The highest BCUT2D eigenvalue weighted by Gasteiger charge is 2.48. The highest BCUT2D eigenvalue weighted by Crippen LogP contribution is 2.39. The minimum Gasteiger partial charge on any atom is -0.481 e. The van der Waals surface area contributed by atoms with Gasteiger partial charge in [-0.2, -0.15) is 19.0 Å². The lowest BCUT2D eigenvalue weighted by Gasteiger charge is -2.20. The molecule has 0 aliphatic heterocycles. The molecule has 0 aliphatic rings. The Balaban J connectivity index is 2.22. The summed E-state index contributed by atoms with van der Waals surface area (Å²) in [5.41, 5.74) is 1.39. The summed E-state index contributed by atoms with van der Waals surface area (Å²) in [5.74, 6) is -7.13. The van der Waals surface area contributed by atoms with E-state index in [0.29, 0.717) is 17.0 Å². The van der Waals surface area contributed by atoms with Crippen LogP contribution in [0, 0.1) is 18.3 Å². The third kappa shape index (κ3) is 5.02. The van der Waals surface area contributed by atoms with Gasteiger partial charge in [0.25, 0.3) is 12.0 Å². The third-order valence-corrected chi connectivity index (χ3v) is 4.93. The Morgan fingerprint density at radius 1 is 1.22 bits per heavy atom. The first-order valence-corrected chi connectivity index (χ1v) is 9.82. The van der Waals surface area contributed by atoms with E-state index in [1.807, 2.05) is 0 Å². The molecule has 1 aromatic carbocycles. The van der Waals surface area contributed by atoms with Crippen molar-refractivity contribution in [3.63, 3.8) is 0 Å². The second-order valence-corrected chi connectivity index (χ2v) is 7.25. The van der Waals surface area contributed by atoms with Gasteiger partial charge in [0.1, 0.15) is 5.75 Å². The quantitative estimate of drug-likeness (QED) is 0.448. The Hall–Kier alpha value is -4.35. The predicted molar refractivity (Wildman–Crippen MR) is 111 cm³/mol. The second-order valence-electron chi connectivity index (χ2n) is 7.25. The number of alkyl halides is 6. The van der Waals surface area contributed by atoms with E-state index in [1.165, 1.54) is 20.2 Å². The van der Waals surface area contributed by atoms with E-state index >= 15 is 0 Å². The smallest absolute Gasteiger partial charge is 0.352 e. The highest BCUT2D eigenvalue weighted by atomic mass is 19.3. The average Bonchev–Trinajstić information content (AvgIpc) is 2.83. The van der Waals surface area contributed by atoms with Gasteiger partial charge in [-0.1, -0.05) is 0 Å². The molecule has 2 aromatic heterocycles. The molecule has 0 saturated heterocycles. The van der Waals surface area contributed by atoms with Crippen molar-refractivity contribution in [3.8, 4) is 23.4 Å². The maximum absolute atomic E-state index is 14.3. The van der Waals surface area contributed by atoms with E-state index in [-0.39, 0.29) is 28.5 Å². The molecular formula is C21H16F6N6O3. The van der Waals surface area contributed by atoms with Gasteiger partial charge in [-0.3, -0.25) is 9.36 Å². The molecule has 0 amide bonds. The van der Waals surface area contributed by atoms with E-state index < -0.39 is 53.6 Å². The number of anilines is 1. The van der Waals surface area contributed by atoms with Crippen LogP contribution >= 0.6 is 0 Å². The molecule has 0 aliphatic carbocycles. The zero-order chi connectivity index (χ0) is 26.8. The topological polar surface area (TPSA) is 129 Å². The molecule has 0 radical (unpaired) electrons. The number of aromatic nitrogens is 4. The lowest BCUT2D eigenvalue weighted by Crippen LogP contribution is -2.32. The SMILES string of the molecule is COc1nc(N)ncc1Cn1cnc(C(F)(F)C(F)F)c(Oc2cc(C(F)F)cc(C#N)c2C)c1=O. The third-order valence-electron chi connectivity index (χ3n) is 4.93. The predicted octanol–water partition coefficient (Wildman–Crippen LogP) is 3.94. The Labute approximate surface area is 198 Å². The largest absolute Gasteiger partial charge is 0.481 e. The number of nitrogens with two attached hydrogens (primary N) is 1. The molecule has 2 heterocycles. The normalized spacial score (nSPS) is 11.6. The van der Waals surface area contributed by atoms with Crippen molar-refractivity contribution >= 4 is 5.95 Å². The number of halogens is 6.